The van der Waals surface area contributed by atoms with Crippen LogP contribution in [0.1, 0.15) is 29.3 Å². The smallest absolute Gasteiger partial charge is 0.339 e. The van der Waals surface area contributed by atoms with E-state index in [0.717, 1.165) is 12.8 Å². The van der Waals surface area contributed by atoms with Crippen LogP contribution in [0.5, 0.6) is 11.5 Å². The normalized spacial score (nSPS) is 10.3. The molecule has 0 aliphatic carbocycles. The van der Waals surface area contributed by atoms with Crippen LogP contribution in [0.4, 0.5) is 0 Å². The highest BCUT2D eigenvalue weighted by Crippen LogP contribution is 2.28. The Balaban J connectivity index is 2.25. The molecule has 0 amide bonds. The van der Waals surface area contributed by atoms with Crippen LogP contribution >= 0.6 is 11.6 Å². The molecule has 0 fully saturated rings. The second kappa shape index (κ2) is 6.44. The predicted molar refractivity (Wildman–Crippen MR) is 78.9 cm³/mol. The number of hydrogen-bond acceptors (Lipinski definition) is 2. The van der Waals surface area contributed by atoms with Gasteiger partial charge in [-0.05, 0) is 36.2 Å². The monoisotopic (exact) mass is 290 g/mol. The van der Waals surface area contributed by atoms with Crippen molar-refractivity contribution in [3.05, 3.63) is 58.6 Å². The van der Waals surface area contributed by atoms with E-state index >= 15 is 0 Å². The minimum absolute atomic E-state index is 0.0898. The molecule has 0 radical (unpaired) electrons. The Morgan fingerprint density at radius 3 is 2.50 bits per heavy atom. The number of carbonyl (C=O) groups is 1. The highest BCUT2D eigenvalue weighted by Gasteiger charge is 2.12. The number of rotatable bonds is 5. The molecule has 20 heavy (non-hydrogen) atoms. The van der Waals surface area contributed by atoms with Crippen LogP contribution in [0.2, 0.25) is 5.02 Å². The van der Waals surface area contributed by atoms with Gasteiger partial charge in [0, 0.05) is 11.1 Å². The van der Waals surface area contributed by atoms with E-state index in [4.69, 9.17) is 21.4 Å². The number of aromatic carboxylic acids is 1. The third kappa shape index (κ3) is 3.52. The second-order valence-electron chi connectivity index (χ2n) is 4.44. The molecule has 0 spiro atoms. The van der Waals surface area contributed by atoms with Crippen molar-refractivity contribution in [3.63, 3.8) is 0 Å². The number of benzene rings is 2. The van der Waals surface area contributed by atoms with E-state index in [0.29, 0.717) is 10.8 Å². The first-order valence-corrected chi connectivity index (χ1v) is 6.77. The molecule has 0 aliphatic rings. The summed E-state index contributed by atoms with van der Waals surface area (Å²) in [5, 5.41) is 9.56. The van der Waals surface area contributed by atoms with Crippen molar-refractivity contribution in [1.29, 1.82) is 0 Å². The molecule has 0 saturated carbocycles. The van der Waals surface area contributed by atoms with E-state index in [1.165, 1.54) is 23.8 Å². The van der Waals surface area contributed by atoms with Crippen molar-refractivity contribution >= 4 is 17.6 Å². The minimum Gasteiger partial charge on any atom is -0.478 e. The van der Waals surface area contributed by atoms with Crippen molar-refractivity contribution in [2.45, 2.75) is 19.8 Å². The summed E-state index contributed by atoms with van der Waals surface area (Å²) in [5.41, 5.74) is 1.32. The summed E-state index contributed by atoms with van der Waals surface area (Å²) in [4.78, 5) is 11.1. The standard InChI is InChI=1S/C16H15ClO3/c1-2-3-11-4-7-13(8-5-11)20-15-10-12(17)6-9-14(15)16(18)19/h4-10H,2-3H2,1H3,(H,18,19). The third-order valence-corrected chi connectivity index (χ3v) is 3.10. The molecule has 0 heterocycles. The summed E-state index contributed by atoms with van der Waals surface area (Å²) >= 11 is 5.88. The van der Waals surface area contributed by atoms with Gasteiger partial charge in [-0.25, -0.2) is 4.79 Å². The first kappa shape index (κ1) is 14.4. The van der Waals surface area contributed by atoms with Gasteiger partial charge in [0.2, 0.25) is 0 Å². The third-order valence-electron chi connectivity index (χ3n) is 2.86. The largest absolute Gasteiger partial charge is 0.478 e. The molecule has 2 rings (SSSR count). The summed E-state index contributed by atoms with van der Waals surface area (Å²) in [5.74, 6) is -0.206. The fraction of sp³-hybridized carbons (Fsp3) is 0.188. The summed E-state index contributed by atoms with van der Waals surface area (Å²) in [6.07, 6.45) is 2.09. The van der Waals surface area contributed by atoms with E-state index < -0.39 is 5.97 Å². The fourth-order valence-electron chi connectivity index (χ4n) is 1.90. The molecular formula is C16H15ClO3. The molecule has 1 N–H and O–H groups in total. The lowest BCUT2D eigenvalue weighted by molar-refractivity contribution is 0.0694. The summed E-state index contributed by atoms with van der Waals surface area (Å²) in [6.45, 7) is 2.12. The lowest BCUT2D eigenvalue weighted by Crippen LogP contribution is -1.99. The van der Waals surface area contributed by atoms with Gasteiger partial charge in [0.05, 0.1) is 0 Å². The lowest BCUT2D eigenvalue weighted by atomic mass is 10.1. The zero-order chi connectivity index (χ0) is 14.5. The molecule has 3 nitrogen and oxygen atoms in total. The number of ether oxygens (including phenoxy) is 1. The Bertz CT molecular complexity index is 606. The molecule has 104 valence electrons. The maximum absolute atomic E-state index is 11.1. The molecular weight excluding hydrogens is 276 g/mol. The molecule has 0 saturated heterocycles. The van der Waals surface area contributed by atoms with Crippen molar-refractivity contribution in [3.8, 4) is 11.5 Å². The van der Waals surface area contributed by atoms with Crippen molar-refractivity contribution in [2.75, 3.05) is 0 Å². The van der Waals surface area contributed by atoms with Crippen LogP contribution in [0.25, 0.3) is 0 Å². The predicted octanol–water partition coefficient (Wildman–Crippen LogP) is 4.78. The number of halogens is 1. The van der Waals surface area contributed by atoms with E-state index in [-0.39, 0.29) is 11.3 Å². The van der Waals surface area contributed by atoms with Gasteiger partial charge in [0.25, 0.3) is 0 Å². The number of aryl methyl sites for hydroxylation is 1. The van der Waals surface area contributed by atoms with Gasteiger partial charge >= 0.3 is 5.97 Å². The Morgan fingerprint density at radius 2 is 1.90 bits per heavy atom. The Kier molecular flexibility index (Phi) is 4.64. The van der Waals surface area contributed by atoms with E-state index in [1.807, 2.05) is 24.3 Å². The average Bonchev–Trinajstić information content (AvgIpc) is 2.41. The first-order chi connectivity index (χ1) is 9.60. The molecule has 0 unspecified atom stereocenters. The molecule has 0 atom stereocenters. The number of carboxylic acids is 1. The van der Waals surface area contributed by atoms with Crippen LogP contribution < -0.4 is 4.74 Å². The van der Waals surface area contributed by atoms with Gasteiger partial charge in [0.15, 0.2) is 0 Å². The number of carboxylic acid groups (broad SMARTS) is 1. The molecule has 4 heteroatoms. The lowest BCUT2D eigenvalue weighted by Gasteiger charge is -2.09. The summed E-state index contributed by atoms with van der Waals surface area (Å²) < 4.78 is 5.62. The Hall–Kier alpha value is -2.00. The molecule has 2 aromatic carbocycles. The summed E-state index contributed by atoms with van der Waals surface area (Å²) in [7, 11) is 0. The van der Waals surface area contributed by atoms with Gasteiger partial charge in [-0.2, -0.15) is 0 Å². The van der Waals surface area contributed by atoms with Crippen LogP contribution in [0.3, 0.4) is 0 Å². The van der Waals surface area contributed by atoms with Gasteiger partial charge in [-0.1, -0.05) is 37.1 Å². The topological polar surface area (TPSA) is 46.5 Å². The van der Waals surface area contributed by atoms with Crippen molar-refractivity contribution in [1.82, 2.24) is 0 Å². The van der Waals surface area contributed by atoms with Crippen LogP contribution in [-0.4, -0.2) is 11.1 Å². The second-order valence-corrected chi connectivity index (χ2v) is 4.88. The minimum atomic E-state index is -1.04. The van der Waals surface area contributed by atoms with Gasteiger partial charge in [-0.3, -0.25) is 0 Å². The summed E-state index contributed by atoms with van der Waals surface area (Å²) in [6, 6.07) is 12.1. The van der Waals surface area contributed by atoms with Crippen LogP contribution in [0.15, 0.2) is 42.5 Å². The van der Waals surface area contributed by atoms with Crippen molar-refractivity contribution < 1.29 is 14.6 Å². The first-order valence-electron chi connectivity index (χ1n) is 6.40. The maximum atomic E-state index is 11.1. The highest BCUT2D eigenvalue weighted by molar-refractivity contribution is 6.30. The quantitative estimate of drug-likeness (QED) is 0.861. The van der Waals surface area contributed by atoms with Gasteiger partial charge in [-0.15, -0.1) is 0 Å². The molecule has 2 aromatic rings. The number of hydrogen-bond donors (Lipinski definition) is 1. The zero-order valence-corrected chi connectivity index (χ0v) is 11.9. The highest BCUT2D eigenvalue weighted by atomic mass is 35.5. The van der Waals surface area contributed by atoms with E-state index in [2.05, 4.69) is 6.92 Å². The van der Waals surface area contributed by atoms with Gasteiger partial charge < -0.3 is 9.84 Å². The van der Waals surface area contributed by atoms with Crippen LogP contribution in [-0.2, 0) is 6.42 Å². The SMILES string of the molecule is CCCc1ccc(Oc2cc(Cl)ccc2C(=O)O)cc1. The Morgan fingerprint density at radius 1 is 1.20 bits per heavy atom. The maximum Gasteiger partial charge on any atom is 0.339 e. The average molecular weight is 291 g/mol. The molecule has 0 bridgehead atoms. The molecule has 0 aliphatic heterocycles. The fourth-order valence-corrected chi connectivity index (χ4v) is 2.06. The van der Waals surface area contributed by atoms with E-state index in [9.17, 15) is 4.79 Å². The zero-order valence-electron chi connectivity index (χ0n) is 11.1. The van der Waals surface area contributed by atoms with Gasteiger partial charge in [0.1, 0.15) is 17.1 Å². The molecule has 0 aromatic heterocycles. The Labute approximate surface area is 122 Å². The van der Waals surface area contributed by atoms with Crippen molar-refractivity contribution in [2.24, 2.45) is 0 Å². The van der Waals surface area contributed by atoms with Crippen LogP contribution in [0, 0.1) is 0 Å². The van der Waals surface area contributed by atoms with E-state index in [1.54, 1.807) is 0 Å².